The van der Waals surface area contributed by atoms with Crippen molar-refractivity contribution in [1.82, 2.24) is 20.0 Å². The molecule has 0 aromatic carbocycles. The standard InChI is InChI=1S/C13H19N5OS/c1-10-6-7-18(17-10)12-5-4-11(15-16-12)14-8-13(2,19)9-20-3/h4-7,19H,8-9H2,1-3H3,(H,14,15)/t13-/m1/s1. The Bertz CT molecular complexity index is 552. The Morgan fingerprint density at radius 3 is 2.70 bits per heavy atom. The van der Waals surface area contributed by atoms with Crippen molar-refractivity contribution >= 4 is 17.6 Å². The highest BCUT2D eigenvalue weighted by Gasteiger charge is 2.19. The van der Waals surface area contributed by atoms with Crippen molar-refractivity contribution in [3.63, 3.8) is 0 Å². The average Bonchev–Trinajstić information content (AvgIpc) is 2.84. The molecule has 2 rings (SSSR count). The fourth-order valence-corrected chi connectivity index (χ4v) is 2.45. The summed E-state index contributed by atoms with van der Waals surface area (Å²) in [5.41, 5.74) is 0.167. The lowest BCUT2D eigenvalue weighted by molar-refractivity contribution is 0.0996. The van der Waals surface area contributed by atoms with Gasteiger partial charge in [-0.05, 0) is 38.3 Å². The minimum Gasteiger partial charge on any atom is -0.387 e. The van der Waals surface area contributed by atoms with Crippen LogP contribution in [0.25, 0.3) is 5.82 Å². The number of nitrogens with zero attached hydrogens (tertiary/aromatic N) is 4. The van der Waals surface area contributed by atoms with Crippen molar-refractivity contribution in [2.75, 3.05) is 23.9 Å². The fraction of sp³-hybridized carbons (Fsp3) is 0.462. The maximum atomic E-state index is 10.1. The Hall–Kier alpha value is -1.60. The molecule has 0 aliphatic carbocycles. The third-order valence-electron chi connectivity index (χ3n) is 2.71. The van der Waals surface area contributed by atoms with E-state index in [9.17, 15) is 5.11 Å². The second-order valence-electron chi connectivity index (χ2n) is 4.96. The van der Waals surface area contributed by atoms with Crippen LogP contribution in [0.2, 0.25) is 0 Å². The Morgan fingerprint density at radius 1 is 1.35 bits per heavy atom. The number of thioether (sulfide) groups is 1. The molecule has 0 saturated heterocycles. The lowest BCUT2D eigenvalue weighted by atomic mass is 10.1. The number of aryl methyl sites for hydroxylation is 1. The van der Waals surface area contributed by atoms with Gasteiger partial charge in [-0.1, -0.05) is 0 Å². The van der Waals surface area contributed by atoms with Crippen LogP contribution in [0.5, 0.6) is 0 Å². The van der Waals surface area contributed by atoms with E-state index < -0.39 is 5.60 Å². The Morgan fingerprint density at radius 2 is 2.15 bits per heavy atom. The zero-order valence-electron chi connectivity index (χ0n) is 11.9. The van der Waals surface area contributed by atoms with Crippen molar-refractivity contribution < 1.29 is 5.11 Å². The molecule has 108 valence electrons. The van der Waals surface area contributed by atoms with Gasteiger partial charge in [0.2, 0.25) is 0 Å². The summed E-state index contributed by atoms with van der Waals surface area (Å²) in [7, 11) is 0. The second-order valence-corrected chi connectivity index (χ2v) is 5.83. The highest BCUT2D eigenvalue weighted by atomic mass is 32.2. The fourth-order valence-electron chi connectivity index (χ4n) is 1.73. The number of aromatic nitrogens is 4. The van der Waals surface area contributed by atoms with Gasteiger partial charge >= 0.3 is 0 Å². The van der Waals surface area contributed by atoms with E-state index >= 15 is 0 Å². The molecule has 0 saturated carbocycles. The predicted octanol–water partition coefficient (Wildman–Crippen LogP) is 1.50. The van der Waals surface area contributed by atoms with E-state index in [1.54, 1.807) is 23.4 Å². The summed E-state index contributed by atoms with van der Waals surface area (Å²) in [5.74, 6) is 1.97. The molecule has 20 heavy (non-hydrogen) atoms. The maximum absolute atomic E-state index is 10.1. The molecule has 2 aromatic heterocycles. The third-order valence-corrected chi connectivity index (χ3v) is 3.62. The summed E-state index contributed by atoms with van der Waals surface area (Å²) in [5, 5.41) is 25.6. The average molecular weight is 293 g/mol. The van der Waals surface area contributed by atoms with Gasteiger partial charge in [-0.15, -0.1) is 10.2 Å². The minimum absolute atomic E-state index is 0.433. The first-order chi connectivity index (χ1) is 9.50. The molecule has 0 aliphatic heterocycles. The zero-order chi connectivity index (χ0) is 14.6. The van der Waals surface area contributed by atoms with Gasteiger partial charge < -0.3 is 10.4 Å². The van der Waals surface area contributed by atoms with Gasteiger partial charge in [0.1, 0.15) is 5.82 Å². The van der Waals surface area contributed by atoms with Crippen molar-refractivity contribution in [2.24, 2.45) is 0 Å². The summed E-state index contributed by atoms with van der Waals surface area (Å²) < 4.78 is 1.68. The molecule has 2 aromatic rings. The van der Waals surface area contributed by atoms with E-state index in [1.807, 2.05) is 37.6 Å². The number of aliphatic hydroxyl groups is 1. The predicted molar refractivity (Wildman–Crippen MR) is 81.4 cm³/mol. The molecule has 0 unspecified atom stereocenters. The van der Waals surface area contributed by atoms with Crippen LogP contribution in [-0.4, -0.2) is 49.2 Å². The van der Waals surface area contributed by atoms with Gasteiger partial charge in [0.15, 0.2) is 5.82 Å². The Kier molecular flexibility index (Phi) is 4.61. The highest BCUT2D eigenvalue weighted by Crippen LogP contribution is 2.12. The van der Waals surface area contributed by atoms with E-state index in [4.69, 9.17) is 0 Å². The normalized spacial score (nSPS) is 14.0. The van der Waals surface area contributed by atoms with Crippen LogP contribution in [0.4, 0.5) is 5.82 Å². The largest absolute Gasteiger partial charge is 0.387 e. The molecule has 1 atom stereocenters. The maximum Gasteiger partial charge on any atom is 0.175 e. The second kappa shape index (κ2) is 6.23. The molecule has 2 N–H and O–H groups in total. The van der Waals surface area contributed by atoms with Crippen LogP contribution in [-0.2, 0) is 0 Å². The van der Waals surface area contributed by atoms with Gasteiger partial charge in [-0.2, -0.15) is 16.9 Å². The number of hydrogen-bond acceptors (Lipinski definition) is 6. The van der Waals surface area contributed by atoms with Crippen LogP contribution in [0.15, 0.2) is 24.4 Å². The lowest BCUT2D eigenvalue weighted by Gasteiger charge is -2.22. The quantitative estimate of drug-likeness (QED) is 0.840. The van der Waals surface area contributed by atoms with Crippen molar-refractivity contribution in [3.8, 4) is 5.82 Å². The monoisotopic (exact) mass is 293 g/mol. The van der Waals surface area contributed by atoms with Crippen LogP contribution >= 0.6 is 11.8 Å². The molecule has 0 bridgehead atoms. The molecular weight excluding hydrogens is 274 g/mol. The smallest absolute Gasteiger partial charge is 0.175 e. The summed E-state index contributed by atoms with van der Waals surface area (Å²) in [6.07, 6.45) is 3.81. The first-order valence-corrected chi connectivity index (χ1v) is 7.71. The molecule has 0 aliphatic rings. The van der Waals surface area contributed by atoms with Crippen LogP contribution < -0.4 is 5.32 Å². The van der Waals surface area contributed by atoms with Gasteiger partial charge in [0.25, 0.3) is 0 Å². The number of rotatable bonds is 6. The molecule has 0 amide bonds. The minimum atomic E-state index is -0.765. The molecule has 0 radical (unpaired) electrons. The Balaban J connectivity index is 1.98. The third kappa shape index (κ3) is 3.94. The van der Waals surface area contributed by atoms with Crippen molar-refractivity contribution in [2.45, 2.75) is 19.4 Å². The summed E-state index contributed by atoms with van der Waals surface area (Å²) >= 11 is 1.61. The van der Waals surface area contributed by atoms with E-state index in [1.165, 1.54) is 0 Å². The molecule has 6 nitrogen and oxygen atoms in total. The SMILES string of the molecule is CSC[C@](C)(O)CNc1ccc(-n2ccc(C)n2)nn1. The number of anilines is 1. The van der Waals surface area contributed by atoms with E-state index in [2.05, 4.69) is 20.6 Å². The van der Waals surface area contributed by atoms with Crippen molar-refractivity contribution in [1.29, 1.82) is 0 Å². The van der Waals surface area contributed by atoms with Crippen LogP contribution in [0, 0.1) is 6.92 Å². The van der Waals surface area contributed by atoms with Crippen LogP contribution in [0.3, 0.4) is 0 Å². The molecule has 0 fully saturated rings. The molecule has 0 spiro atoms. The van der Waals surface area contributed by atoms with Crippen LogP contribution in [0.1, 0.15) is 12.6 Å². The molecular formula is C13H19N5OS. The summed E-state index contributed by atoms with van der Waals surface area (Å²) in [6.45, 7) is 4.15. The highest BCUT2D eigenvalue weighted by molar-refractivity contribution is 7.98. The first kappa shape index (κ1) is 14.8. The molecule has 2 heterocycles. The summed E-state index contributed by atoms with van der Waals surface area (Å²) in [6, 6.07) is 5.58. The van der Waals surface area contributed by atoms with Gasteiger partial charge in [-0.25, -0.2) is 4.68 Å². The lowest BCUT2D eigenvalue weighted by Crippen LogP contribution is -2.36. The zero-order valence-corrected chi connectivity index (χ0v) is 12.7. The first-order valence-electron chi connectivity index (χ1n) is 6.32. The number of nitrogens with one attached hydrogen (secondary N) is 1. The van der Waals surface area contributed by atoms with Gasteiger partial charge in [-0.3, -0.25) is 0 Å². The topological polar surface area (TPSA) is 75.9 Å². The Labute approximate surface area is 122 Å². The number of hydrogen-bond donors (Lipinski definition) is 2. The van der Waals surface area contributed by atoms with Gasteiger partial charge in [0.05, 0.1) is 11.3 Å². The van der Waals surface area contributed by atoms with Crippen molar-refractivity contribution in [3.05, 3.63) is 30.1 Å². The van der Waals surface area contributed by atoms with E-state index in [-0.39, 0.29) is 0 Å². The van der Waals surface area contributed by atoms with Gasteiger partial charge in [0, 0.05) is 18.5 Å². The summed E-state index contributed by atoms with van der Waals surface area (Å²) in [4.78, 5) is 0. The molecule has 7 heteroatoms. The van der Waals surface area contributed by atoms with E-state index in [0.29, 0.717) is 23.9 Å². The van der Waals surface area contributed by atoms with E-state index in [0.717, 1.165) is 5.69 Å².